The molecule has 0 aromatic heterocycles. The van der Waals surface area contributed by atoms with Crippen molar-refractivity contribution in [2.75, 3.05) is 22.5 Å². The Morgan fingerprint density at radius 1 is 0.975 bits per heavy atom. The summed E-state index contributed by atoms with van der Waals surface area (Å²) in [5.41, 5.74) is 2.03. The van der Waals surface area contributed by atoms with Crippen LogP contribution in [0.2, 0.25) is 0 Å². The summed E-state index contributed by atoms with van der Waals surface area (Å²) in [7, 11) is 0. The smallest absolute Gasteiger partial charge is 0.418 e. The van der Waals surface area contributed by atoms with Crippen molar-refractivity contribution in [3.63, 3.8) is 0 Å². The molecule has 210 valence electrons. The van der Waals surface area contributed by atoms with Gasteiger partial charge in [-0.1, -0.05) is 42.5 Å². The normalized spacial score (nSPS) is 18.9. The molecule has 1 aliphatic heterocycles. The maximum Gasteiger partial charge on any atom is 0.418 e. The van der Waals surface area contributed by atoms with Gasteiger partial charge in [0, 0.05) is 18.2 Å². The molecular weight excluding hydrogens is 545 g/mol. The molecular formula is C30H28ClF3N2O4. The predicted octanol–water partition coefficient (Wildman–Crippen LogP) is 8.10. The zero-order chi connectivity index (χ0) is 28.4. The van der Waals surface area contributed by atoms with Crippen molar-refractivity contribution in [3.05, 3.63) is 77.9 Å². The standard InChI is InChI=1S/C30H28ClF3N2O4/c31-36(25-4-2-1-3-24(25)30(32,33)34)29(39)35-15-16-40-27-18-23(13-14-26(27)35)22-11-9-21(10-12-22)20-7-5-19(6-8-20)17-28(37)38/h1-4,9-14,18-20H,5-8,15-17H2,(H,37,38). The van der Waals surface area contributed by atoms with Crippen LogP contribution < -0.4 is 14.1 Å². The highest BCUT2D eigenvalue weighted by Crippen LogP contribution is 2.41. The third-order valence-corrected chi connectivity index (χ3v) is 8.00. The van der Waals surface area contributed by atoms with Crippen LogP contribution in [-0.2, 0) is 11.0 Å². The summed E-state index contributed by atoms with van der Waals surface area (Å²) in [6.45, 7) is 0.295. The minimum atomic E-state index is -4.67. The van der Waals surface area contributed by atoms with Gasteiger partial charge in [-0.3, -0.25) is 9.69 Å². The third kappa shape index (κ3) is 5.89. The molecule has 1 heterocycles. The number of amides is 2. The van der Waals surface area contributed by atoms with Gasteiger partial charge in [-0.25, -0.2) is 9.21 Å². The predicted molar refractivity (Wildman–Crippen MR) is 147 cm³/mol. The number of carboxylic acid groups (broad SMARTS) is 1. The zero-order valence-electron chi connectivity index (χ0n) is 21.5. The first-order valence-corrected chi connectivity index (χ1v) is 13.5. The molecule has 6 nitrogen and oxygen atoms in total. The molecule has 3 aromatic carbocycles. The van der Waals surface area contributed by atoms with Gasteiger partial charge in [-0.15, -0.1) is 0 Å². The Labute approximate surface area is 235 Å². The maximum atomic E-state index is 13.5. The molecule has 0 radical (unpaired) electrons. The number of nitrogens with zero attached hydrogens (tertiary/aromatic N) is 2. The minimum Gasteiger partial charge on any atom is -0.490 e. The third-order valence-electron chi connectivity index (χ3n) is 7.67. The lowest BCUT2D eigenvalue weighted by Gasteiger charge is -2.32. The molecule has 2 amide bonds. The Balaban J connectivity index is 1.31. The zero-order valence-corrected chi connectivity index (χ0v) is 22.3. The van der Waals surface area contributed by atoms with Gasteiger partial charge in [-0.05, 0) is 78.5 Å². The summed E-state index contributed by atoms with van der Waals surface area (Å²) in [6, 6.07) is 17.5. The highest BCUT2D eigenvalue weighted by molar-refractivity contribution is 6.38. The van der Waals surface area contributed by atoms with Crippen molar-refractivity contribution in [3.8, 4) is 16.9 Å². The van der Waals surface area contributed by atoms with Gasteiger partial charge >= 0.3 is 18.2 Å². The van der Waals surface area contributed by atoms with Gasteiger partial charge in [0.15, 0.2) is 0 Å². The van der Waals surface area contributed by atoms with Crippen molar-refractivity contribution in [1.82, 2.24) is 0 Å². The molecule has 0 unspecified atom stereocenters. The van der Waals surface area contributed by atoms with Crippen molar-refractivity contribution in [2.24, 2.45) is 5.92 Å². The molecule has 0 spiro atoms. The number of benzene rings is 3. The number of hydrogen-bond donors (Lipinski definition) is 1. The van der Waals surface area contributed by atoms with Crippen LogP contribution in [0.4, 0.5) is 29.3 Å². The number of rotatable bonds is 5. The first-order valence-electron chi connectivity index (χ1n) is 13.1. The Hall–Kier alpha value is -3.72. The molecule has 1 N–H and O–H groups in total. The molecule has 0 atom stereocenters. The number of aliphatic carboxylic acids is 1. The SMILES string of the molecule is O=C(O)CC1CCC(c2ccc(-c3ccc4c(c3)OCCN4C(=O)N(Cl)c3ccccc3C(F)(F)F)cc2)CC1. The average molecular weight is 573 g/mol. The molecule has 2 aliphatic rings. The van der Waals surface area contributed by atoms with Gasteiger partial charge < -0.3 is 9.84 Å². The number of hydrogen-bond acceptors (Lipinski definition) is 3. The number of alkyl halides is 3. The van der Waals surface area contributed by atoms with E-state index in [1.165, 1.54) is 22.6 Å². The van der Waals surface area contributed by atoms with Crippen molar-refractivity contribution >= 4 is 35.2 Å². The number of carboxylic acids is 1. The van der Waals surface area contributed by atoms with Crippen LogP contribution in [0.25, 0.3) is 11.1 Å². The Kier molecular flexibility index (Phi) is 7.94. The quantitative estimate of drug-likeness (QED) is 0.314. The largest absolute Gasteiger partial charge is 0.490 e. The summed E-state index contributed by atoms with van der Waals surface area (Å²) in [5.74, 6) is 0.361. The summed E-state index contributed by atoms with van der Waals surface area (Å²) in [5, 5.41) is 9.04. The molecule has 1 aliphatic carbocycles. The Bertz CT molecular complexity index is 1390. The molecule has 0 saturated heterocycles. The maximum absolute atomic E-state index is 13.5. The summed E-state index contributed by atoms with van der Waals surface area (Å²) in [6.07, 6.45) is -0.664. The number of halogens is 4. The molecule has 40 heavy (non-hydrogen) atoms. The second-order valence-electron chi connectivity index (χ2n) is 10.2. The number of urea groups is 1. The highest BCUT2D eigenvalue weighted by Gasteiger charge is 2.37. The second-order valence-corrected chi connectivity index (χ2v) is 10.5. The molecule has 1 saturated carbocycles. The summed E-state index contributed by atoms with van der Waals surface area (Å²) in [4.78, 5) is 25.5. The molecule has 0 bridgehead atoms. The van der Waals surface area contributed by atoms with E-state index in [0.717, 1.165) is 48.9 Å². The van der Waals surface area contributed by atoms with Crippen LogP contribution in [0.1, 0.15) is 49.1 Å². The van der Waals surface area contributed by atoms with E-state index in [1.807, 2.05) is 24.3 Å². The molecule has 5 rings (SSSR count). The van der Waals surface area contributed by atoms with Crippen LogP contribution >= 0.6 is 11.8 Å². The number of fused-ring (bicyclic) bond motifs is 1. The lowest BCUT2D eigenvalue weighted by molar-refractivity contribution is -0.138. The fourth-order valence-electron chi connectivity index (χ4n) is 5.59. The van der Waals surface area contributed by atoms with Crippen LogP contribution in [0.5, 0.6) is 5.75 Å². The van der Waals surface area contributed by atoms with E-state index in [2.05, 4.69) is 12.1 Å². The van der Waals surface area contributed by atoms with E-state index in [9.17, 15) is 22.8 Å². The van der Waals surface area contributed by atoms with Crippen LogP contribution in [0, 0.1) is 5.92 Å². The highest BCUT2D eigenvalue weighted by atomic mass is 35.5. The number of carbonyl (C=O) groups is 2. The lowest BCUT2D eigenvalue weighted by atomic mass is 9.77. The first-order chi connectivity index (χ1) is 19.1. The monoisotopic (exact) mass is 572 g/mol. The van der Waals surface area contributed by atoms with E-state index in [-0.39, 0.29) is 25.5 Å². The van der Waals surface area contributed by atoms with Crippen molar-refractivity contribution in [1.29, 1.82) is 0 Å². The number of carbonyl (C=O) groups excluding carboxylic acids is 1. The second kappa shape index (κ2) is 11.4. The van der Waals surface area contributed by atoms with Gasteiger partial charge in [0.05, 0.1) is 23.5 Å². The van der Waals surface area contributed by atoms with Crippen molar-refractivity contribution < 1.29 is 32.6 Å². The Morgan fingerprint density at radius 2 is 1.65 bits per heavy atom. The number of para-hydroxylation sites is 1. The number of ether oxygens (including phenoxy) is 1. The van der Waals surface area contributed by atoms with Gasteiger partial charge in [0.2, 0.25) is 0 Å². The molecule has 10 heteroatoms. The summed E-state index contributed by atoms with van der Waals surface area (Å²) < 4.78 is 46.8. The van der Waals surface area contributed by atoms with E-state index in [4.69, 9.17) is 21.6 Å². The van der Waals surface area contributed by atoms with E-state index in [1.54, 1.807) is 6.07 Å². The minimum absolute atomic E-state index is 0.131. The lowest BCUT2D eigenvalue weighted by Crippen LogP contribution is -2.43. The molecule has 1 fully saturated rings. The fourth-order valence-corrected chi connectivity index (χ4v) is 5.83. The topological polar surface area (TPSA) is 70.1 Å². The fraction of sp³-hybridized carbons (Fsp3) is 0.333. The van der Waals surface area contributed by atoms with Crippen LogP contribution in [0.15, 0.2) is 66.7 Å². The molecule has 3 aromatic rings. The number of anilines is 2. The summed E-state index contributed by atoms with van der Waals surface area (Å²) >= 11 is 6.18. The van der Waals surface area contributed by atoms with E-state index in [0.29, 0.717) is 21.8 Å². The van der Waals surface area contributed by atoms with E-state index < -0.39 is 29.4 Å². The average Bonchev–Trinajstić information content (AvgIpc) is 2.95. The first kappa shape index (κ1) is 27.8. The van der Waals surface area contributed by atoms with Gasteiger partial charge in [-0.2, -0.15) is 13.2 Å². The van der Waals surface area contributed by atoms with Crippen LogP contribution in [-0.4, -0.2) is 30.3 Å². The van der Waals surface area contributed by atoms with Crippen molar-refractivity contribution in [2.45, 2.75) is 44.2 Å². The van der Waals surface area contributed by atoms with E-state index >= 15 is 0 Å². The van der Waals surface area contributed by atoms with Gasteiger partial charge in [0.25, 0.3) is 0 Å². The Morgan fingerprint density at radius 3 is 2.33 bits per heavy atom. The van der Waals surface area contributed by atoms with Gasteiger partial charge in [0.1, 0.15) is 12.4 Å². The van der Waals surface area contributed by atoms with Crippen LogP contribution in [0.3, 0.4) is 0 Å².